The average molecular weight is 314 g/mol. The standard InChI is InChI=1S/C13H9F3N2O4/c14-13(15,16)6-1-2-9-11(22-4-3-21-9)10(6)7-5-8(12(19)20)18-17-7/h1-2,5H,3-4H2,(H,17,18)(H,19,20). The highest BCUT2D eigenvalue weighted by molar-refractivity contribution is 5.88. The molecule has 6 nitrogen and oxygen atoms in total. The van der Waals surface area contributed by atoms with E-state index in [1.165, 1.54) is 6.07 Å². The first-order chi connectivity index (χ1) is 10.4. The number of ether oxygens (including phenoxy) is 2. The van der Waals surface area contributed by atoms with Crippen molar-refractivity contribution in [1.82, 2.24) is 10.2 Å². The van der Waals surface area contributed by atoms with E-state index in [1.807, 2.05) is 0 Å². The number of aromatic nitrogens is 2. The topological polar surface area (TPSA) is 84.4 Å². The molecule has 2 heterocycles. The number of H-pyrrole nitrogens is 1. The molecular formula is C13H9F3N2O4. The minimum atomic E-state index is -4.65. The quantitative estimate of drug-likeness (QED) is 0.890. The van der Waals surface area contributed by atoms with Crippen LogP contribution in [0.2, 0.25) is 0 Å². The molecule has 1 aliphatic rings. The third-order valence-electron chi connectivity index (χ3n) is 3.08. The number of hydrogen-bond acceptors (Lipinski definition) is 4. The van der Waals surface area contributed by atoms with E-state index in [0.717, 1.165) is 12.1 Å². The van der Waals surface area contributed by atoms with Gasteiger partial charge in [-0.25, -0.2) is 4.79 Å². The van der Waals surface area contributed by atoms with E-state index in [9.17, 15) is 18.0 Å². The summed E-state index contributed by atoms with van der Waals surface area (Å²) >= 11 is 0. The Bertz CT molecular complexity index is 739. The van der Waals surface area contributed by atoms with Gasteiger partial charge < -0.3 is 14.6 Å². The lowest BCUT2D eigenvalue weighted by Crippen LogP contribution is -2.18. The fourth-order valence-electron chi connectivity index (χ4n) is 2.17. The van der Waals surface area contributed by atoms with Crippen LogP contribution in [0, 0.1) is 0 Å². The zero-order valence-electron chi connectivity index (χ0n) is 10.9. The Labute approximate surface area is 121 Å². The molecule has 0 bridgehead atoms. The van der Waals surface area contributed by atoms with Gasteiger partial charge in [0.2, 0.25) is 0 Å². The van der Waals surface area contributed by atoms with Crippen LogP contribution in [0.5, 0.6) is 11.5 Å². The van der Waals surface area contributed by atoms with E-state index >= 15 is 0 Å². The first-order valence-electron chi connectivity index (χ1n) is 6.17. The SMILES string of the molecule is O=C(O)c1cc(-c2c(C(F)(F)F)ccc3c2OCCO3)n[nH]1. The maximum atomic E-state index is 13.2. The Hall–Kier alpha value is -2.71. The minimum Gasteiger partial charge on any atom is -0.486 e. The summed E-state index contributed by atoms with van der Waals surface area (Å²) in [5.74, 6) is -1.26. The second kappa shape index (κ2) is 4.93. The summed E-state index contributed by atoms with van der Waals surface area (Å²) in [6, 6.07) is 3.05. The Morgan fingerprint density at radius 3 is 2.64 bits per heavy atom. The summed E-state index contributed by atoms with van der Waals surface area (Å²) in [6.45, 7) is 0.316. The Morgan fingerprint density at radius 1 is 1.27 bits per heavy atom. The summed E-state index contributed by atoms with van der Waals surface area (Å²) < 4.78 is 50.2. The van der Waals surface area contributed by atoms with Gasteiger partial charge in [0.1, 0.15) is 18.9 Å². The van der Waals surface area contributed by atoms with Crippen LogP contribution in [-0.4, -0.2) is 34.5 Å². The molecule has 116 valence electrons. The highest BCUT2D eigenvalue weighted by Crippen LogP contribution is 2.47. The van der Waals surface area contributed by atoms with Crippen molar-refractivity contribution >= 4 is 5.97 Å². The second-order valence-electron chi connectivity index (χ2n) is 4.48. The third kappa shape index (κ3) is 2.34. The van der Waals surface area contributed by atoms with Crippen LogP contribution in [0.25, 0.3) is 11.3 Å². The van der Waals surface area contributed by atoms with E-state index in [4.69, 9.17) is 14.6 Å². The summed E-state index contributed by atoms with van der Waals surface area (Å²) in [4.78, 5) is 10.9. The van der Waals surface area contributed by atoms with E-state index in [0.29, 0.717) is 0 Å². The van der Waals surface area contributed by atoms with Crippen molar-refractivity contribution in [3.05, 3.63) is 29.5 Å². The van der Waals surface area contributed by atoms with Gasteiger partial charge in [0, 0.05) is 0 Å². The first kappa shape index (κ1) is 14.2. The van der Waals surface area contributed by atoms with Gasteiger partial charge in [0.15, 0.2) is 11.5 Å². The van der Waals surface area contributed by atoms with Gasteiger partial charge in [-0.3, -0.25) is 5.10 Å². The maximum absolute atomic E-state index is 13.2. The maximum Gasteiger partial charge on any atom is 0.417 e. The molecule has 0 atom stereocenters. The molecule has 0 radical (unpaired) electrons. The van der Waals surface area contributed by atoms with Crippen LogP contribution in [-0.2, 0) is 6.18 Å². The minimum absolute atomic E-state index is 0.0930. The number of aromatic amines is 1. The van der Waals surface area contributed by atoms with Crippen LogP contribution in [0.3, 0.4) is 0 Å². The number of aromatic carboxylic acids is 1. The number of halogens is 3. The molecule has 0 saturated carbocycles. The molecule has 1 aromatic carbocycles. The molecule has 1 aliphatic heterocycles. The van der Waals surface area contributed by atoms with Gasteiger partial charge in [-0.2, -0.15) is 18.3 Å². The number of benzene rings is 1. The lowest BCUT2D eigenvalue weighted by molar-refractivity contribution is -0.137. The van der Waals surface area contributed by atoms with Crippen molar-refractivity contribution in [1.29, 1.82) is 0 Å². The summed E-state index contributed by atoms with van der Waals surface area (Å²) in [5, 5.41) is 14.7. The first-order valence-corrected chi connectivity index (χ1v) is 6.17. The Balaban J connectivity index is 2.24. The van der Waals surface area contributed by atoms with Crippen LogP contribution in [0.15, 0.2) is 18.2 Å². The number of nitrogens with one attached hydrogen (secondary N) is 1. The molecule has 2 aromatic rings. The lowest BCUT2D eigenvalue weighted by atomic mass is 10.0. The van der Waals surface area contributed by atoms with Crippen LogP contribution < -0.4 is 9.47 Å². The zero-order chi connectivity index (χ0) is 15.9. The smallest absolute Gasteiger partial charge is 0.417 e. The summed E-state index contributed by atoms with van der Waals surface area (Å²) in [6.07, 6.45) is -4.65. The van der Waals surface area contributed by atoms with Gasteiger partial charge in [-0.05, 0) is 18.2 Å². The number of carbonyl (C=O) groups is 1. The van der Waals surface area contributed by atoms with Crippen LogP contribution in [0.1, 0.15) is 16.1 Å². The van der Waals surface area contributed by atoms with Crippen molar-refractivity contribution < 1.29 is 32.5 Å². The highest BCUT2D eigenvalue weighted by atomic mass is 19.4. The predicted molar refractivity (Wildman–Crippen MR) is 67.0 cm³/mol. The third-order valence-corrected chi connectivity index (χ3v) is 3.08. The average Bonchev–Trinajstić information content (AvgIpc) is 2.94. The van der Waals surface area contributed by atoms with Crippen LogP contribution >= 0.6 is 0 Å². The highest BCUT2D eigenvalue weighted by Gasteiger charge is 2.37. The van der Waals surface area contributed by atoms with Gasteiger partial charge in [0.05, 0.1) is 16.8 Å². The number of fused-ring (bicyclic) bond motifs is 1. The van der Waals surface area contributed by atoms with Crippen molar-refractivity contribution in [2.45, 2.75) is 6.18 Å². The summed E-state index contributed by atoms with van der Waals surface area (Å²) in [7, 11) is 0. The molecule has 1 aromatic heterocycles. The molecule has 2 N–H and O–H groups in total. The van der Waals surface area contributed by atoms with Crippen molar-refractivity contribution in [3.63, 3.8) is 0 Å². The number of nitrogens with zero attached hydrogens (tertiary/aromatic N) is 1. The number of hydrogen-bond donors (Lipinski definition) is 2. The van der Waals surface area contributed by atoms with Crippen molar-refractivity contribution in [2.24, 2.45) is 0 Å². The monoisotopic (exact) mass is 314 g/mol. The van der Waals surface area contributed by atoms with Gasteiger partial charge >= 0.3 is 12.1 Å². The molecule has 0 unspecified atom stereocenters. The molecule has 0 amide bonds. The van der Waals surface area contributed by atoms with Gasteiger partial charge in [-0.15, -0.1) is 0 Å². The Kier molecular flexibility index (Phi) is 3.19. The van der Waals surface area contributed by atoms with E-state index < -0.39 is 17.7 Å². The van der Waals surface area contributed by atoms with E-state index in [1.54, 1.807) is 0 Å². The van der Waals surface area contributed by atoms with Crippen molar-refractivity contribution in [3.8, 4) is 22.8 Å². The molecule has 22 heavy (non-hydrogen) atoms. The summed E-state index contributed by atoms with van der Waals surface area (Å²) in [5.41, 5.74) is -1.81. The van der Waals surface area contributed by atoms with E-state index in [2.05, 4.69) is 10.2 Å². The number of carboxylic acids is 1. The fourth-order valence-corrected chi connectivity index (χ4v) is 2.17. The van der Waals surface area contributed by atoms with E-state index in [-0.39, 0.29) is 41.7 Å². The molecule has 9 heteroatoms. The lowest BCUT2D eigenvalue weighted by Gasteiger charge is -2.23. The Morgan fingerprint density at radius 2 is 2.00 bits per heavy atom. The van der Waals surface area contributed by atoms with Gasteiger partial charge in [-0.1, -0.05) is 0 Å². The molecule has 3 rings (SSSR count). The predicted octanol–water partition coefficient (Wildman–Crippen LogP) is 2.56. The fraction of sp³-hybridized carbons (Fsp3) is 0.231. The second-order valence-corrected chi connectivity index (χ2v) is 4.48. The number of rotatable bonds is 2. The molecule has 0 spiro atoms. The largest absolute Gasteiger partial charge is 0.486 e. The van der Waals surface area contributed by atoms with Crippen LogP contribution in [0.4, 0.5) is 13.2 Å². The molecule has 0 saturated heterocycles. The molecule has 0 aliphatic carbocycles. The normalized spacial score (nSPS) is 14.0. The number of alkyl halides is 3. The van der Waals surface area contributed by atoms with Gasteiger partial charge in [0.25, 0.3) is 0 Å². The molecular weight excluding hydrogens is 305 g/mol. The number of carboxylic acid groups (broad SMARTS) is 1. The van der Waals surface area contributed by atoms with Crippen molar-refractivity contribution in [2.75, 3.05) is 13.2 Å². The zero-order valence-corrected chi connectivity index (χ0v) is 10.9. The molecule has 0 fully saturated rings.